The highest BCUT2D eigenvalue weighted by Gasteiger charge is 2.25. The lowest BCUT2D eigenvalue weighted by atomic mass is 10.1. The highest BCUT2D eigenvalue weighted by Crippen LogP contribution is 2.40. The van der Waals surface area contributed by atoms with Gasteiger partial charge in [-0.25, -0.2) is 18.2 Å². The summed E-state index contributed by atoms with van der Waals surface area (Å²) in [6.45, 7) is 1.52. The first-order valence-electron chi connectivity index (χ1n) is 7.51. The number of sulfone groups is 1. The highest BCUT2D eigenvalue weighted by molar-refractivity contribution is 7.91. The molecule has 1 aliphatic carbocycles. The number of pyridine rings is 1. The van der Waals surface area contributed by atoms with Gasteiger partial charge in [0.25, 0.3) is 0 Å². The molecule has 0 amide bonds. The van der Waals surface area contributed by atoms with Crippen molar-refractivity contribution >= 4 is 15.8 Å². The molecule has 1 aliphatic rings. The summed E-state index contributed by atoms with van der Waals surface area (Å²) in [5.74, 6) is 0.133. The summed E-state index contributed by atoms with van der Waals surface area (Å²) in [5, 5.41) is 0. The number of rotatable bonds is 5. The summed E-state index contributed by atoms with van der Waals surface area (Å²) in [6, 6.07) is 10.2. The minimum Gasteiger partial charge on any atom is -0.422 e. The van der Waals surface area contributed by atoms with Crippen molar-refractivity contribution in [2.75, 3.05) is 5.75 Å². The summed E-state index contributed by atoms with van der Waals surface area (Å²) < 4.78 is 29.4. The van der Waals surface area contributed by atoms with Gasteiger partial charge < -0.3 is 4.74 Å². The van der Waals surface area contributed by atoms with Gasteiger partial charge in [-0.2, -0.15) is 0 Å². The maximum absolute atomic E-state index is 12.3. The normalized spacial score (nSPS) is 14.5. The summed E-state index contributed by atoms with van der Waals surface area (Å²) >= 11 is 0. The van der Waals surface area contributed by atoms with Gasteiger partial charge in [0.05, 0.1) is 5.75 Å². The maximum Gasteiger partial charge on any atom is 0.363 e. The molecule has 1 fully saturated rings. The second-order valence-electron chi connectivity index (χ2n) is 5.49. The van der Waals surface area contributed by atoms with Crippen LogP contribution in [0.1, 0.15) is 41.7 Å². The first-order valence-corrected chi connectivity index (χ1v) is 9.16. The lowest BCUT2D eigenvalue weighted by Crippen LogP contribution is -2.17. The fraction of sp³-hybridized carbons (Fsp3) is 0.294. The molecule has 120 valence electrons. The monoisotopic (exact) mass is 331 g/mol. The van der Waals surface area contributed by atoms with E-state index in [1.54, 1.807) is 12.1 Å². The molecule has 23 heavy (non-hydrogen) atoms. The zero-order chi connectivity index (χ0) is 16.4. The Hall–Kier alpha value is -2.21. The Bertz CT molecular complexity index is 824. The van der Waals surface area contributed by atoms with E-state index < -0.39 is 15.8 Å². The highest BCUT2D eigenvalue weighted by atomic mass is 32.2. The van der Waals surface area contributed by atoms with Crippen molar-refractivity contribution in [3.63, 3.8) is 0 Å². The van der Waals surface area contributed by atoms with Crippen LogP contribution in [0.15, 0.2) is 47.5 Å². The second kappa shape index (κ2) is 6.12. The Morgan fingerprint density at radius 2 is 1.91 bits per heavy atom. The van der Waals surface area contributed by atoms with E-state index >= 15 is 0 Å². The van der Waals surface area contributed by atoms with Crippen LogP contribution in [0.5, 0.6) is 5.75 Å². The van der Waals surface area contributed by atoms with E-state index in [4.69, 9.17) is 4.74 Å². The summed E-state index contributed by atoms with van der Waals surface area (Å²) in [6.07, 6.45) is 3.78. The van der Waals surface area contributed by atoms with Crippen molar-refractivity contribution < 1.29 is 17.9 Å². The molecule has 0 aliphatic heterocycles. The minimum atomic E-state index is -3.54. The Kier molecular flexibility index (Phi) is 4.17. The van der Waals surface area contributed by atoms with Crippen LogP contribution in [0.4, 0.5) is 0 Å². The number of benzene rings is 1. The van der Waals surface area contributed by atoms with E-state index in [0.29, 0.717) is 11.7 Å². The lowest BCUT2D eigenvalue weighted by molar-refractivity contribution is 0.0724. The quantitative estimate of drug-likeness (QED) is 0.622. The van der Waals surface area contributed by atoms with Gasteiger partial charge in [-0.15, -0.1) is 0 Å². The van der Waals surface area contributed by atoms with E-state index in [9.17, 15) is 13.2 Å². The van der Waals surface area contributed by atoms with Gasteiger partial charge in [-0.3, -0.25) is 0 Å². The van der Waals surface area contributed by atoms with Gasteiger partial charge in [0, 0.05) is 6.20 Å². The number of hydrogen-bond donors (Lipinski definition) is 0. The Labute approximate surface area is 135 Å². The van der Waals surface area contributed by atoms with E-state index in [0.717, 1.165) is 0 Å². The molecule has 1 aromatic heterocycles. The molecular weight excluding hydrogens is 314 g/mol. The molecule has 1 saturated carbocycles. The SMILES string of the molecule is CCS(=O)(=O)c1cccnc1C(=O)Oc1ccc(C2CC2)cc1. The molecule has 1 heterocycles. The first-order chi connectivity index (χ1) is 11.0. The van der Waals surface area contributed by atoms with E-state index in [-0.39, 0.29) is 16.3 Å². The summed E-state index contributed by atoms with van der Waals surface area (Å²) in [7, 11) is -3.54. The van der Waals surface area contributed by atoms with Gasteiger partial charge in [-0.05, 0) is 48.6 Å². The van der Waals surface area contributed by atoms with Crippen LogP contribution in [0.25, 0.3) is 0 Å². The Morgan fingerprint density at radius 3 is 2.52 bits per heavy atom. The van der Waals surface area contributed by atoms with Crippen LogP contribution in [0.3, 0.4) is 0 Å². The largest absolute Gasteiger partial charge is 0.422 e. The average molecular weight is 331 g/mol. The van der Waals surface area contributed by atoms with Crippen molar-refractivity contribution in [3.8, 4) is 5.75 Å². The molecule has 0 radical (unpaired) electrons. The van der Waals surface area contributed by atoms with Crippen molar-refractivity contribution in [1.82, 2.24) is 4.98 Å². The van der Waals surface area contributed by atoms with Gasteiger partial charge >= 0.3 is 5.97 Å². The molecule has 0 unspecified atom stereocenters. The first kappa shape index (κ1) is 15.7. The van der Waals surface area contributed by atoms with Crippen molar-refractivity contribution in [3.05, 3.63) is 53.9 Å². The van der Waals surface area contributed by atoms with Gasteiger partial charge in [0.15, 0.2) is 15.5 Å². The molecule has 6 heteroatoms. The number of esters is 1. The van der Waals surface area contributed by atoms with Crippen LogP contribution in [0, 0.1) is 0 Å². The van der Waals surface area contributed by atoms with Crippen LogP contribution in [-0.2, 0) is 9.84 Å². The fourth-order valence-electron chi connectivity index (χ4n) is 2.33. The number of nitrogens with zero attached hydrogens (tertiary/aromatic N) is 1. The molecule has 0 N–H and O–H groups in total. The molecule has 0 bridgehead atoms. The van der Waals surface area contributed by atoms with Gasteiger partial charge in [0.2, 0.25) is 0 Å². The molecule has 1 aromatic carbocycles. The summed E-state index contributed by atoms with van der Waals surface area (Å²) in [4.78, 5) is 16.1. The summed E-state index contributed by atoms with van der Waals surface area (Å²) in [5.41, 5.74) is 1.05. The third-order valence-corrected chi connectivity index (χ3v) is 5.58. The number of carbonyl (C=O) groups is 1. The molecule has 5 nitrogen and oxygen atoms in total. The number of aromatic nitrogens is 1. The van der Waals surface area contributed by atoms with Gasteiger partial charge in [-0.1, -0.05) is 19.1 Å². The molecule has 0 spiro atoms. The molecule has 2 aromatic rings. The van der Waals surface area contributed by atoms with E-state index in [1.165, 1.54) is 43.7 Å². The van der Waals surface area contributed by atoms with E-state index in [1.807, 2.05) is 12.1 Å². The molecule has 3 rings (SSSR count). The Morgan fingerprint density at radius 1 is 1.22 bits per heavy atom. The van der Waals surface area contributed by atoms with Crippen molar-refractivity contribution in [2.24, 2.45) is 0 Å². The Balaban J connectivity index is 1.83. The second-order valence-corrected chi connectivity index (χ2v) is 7.73. The number of ether oxygens (including phenoxy) is 1. The predicted molar refractivity (Wildman–Crippen MR) is 85.3 cm³/mol. The van der Waals surface area contributed by atoms with Crippen LogP contribution in [-0.4, -0.2) is 25.1 Å². The topological polar surface area (TPSA) is 73.3 Å². The number of hydrogen-bond acceptors (Lipinski definition) is 5. The molecule has 0 atom stereocenters. The lowest BCUT2D eigenvalue weighted by Gasteiger charge is -2.08. The standard InChI is InChI=1S/C17H17NO4S/c1-2-23(20,21)15-4-3-11-18-16(15)17(19)22-14-9-7-13(8-10-14)12-5-6-12/h3-4,7-12H,2,5-6H2,1H3. The zero-order valence-electron chi connectivity index (χ0n) is 12.7. The third-order valence-electron chi connectivity index (χ3n) is 3.82. The van der Waals surface area contributed by atoms with E-state index in [2.05, 4.69) is 4.98 Å². The zero-order valence-corrected chi connectivity index (χ0v) is 13.5. The third kappa shape index (κ3) is 3.42. The van der Waals surface area contributed by atoms with Crippen LogP contribution in [0.2, 0.25) is 0 Å². The van der Waals surface area contributed by atoms with Crippen molar-refractivity contribution in [1.29, 1.82) is 0 Å². The molecule has 0 saturated heterocycles. The molecular formula is C17H17NO4S. The van der Waals surface area contributed by atoms with Gasteiger partial charge in [0.1, 0.15) is 10.6 Å². The maximum atomic E-state index is 12.3. The van der Waals surface area contributed by atoms with Crippen molar-refractivity contribution in [2.45, 2.75) is 30.6 Å². The smallest absolute Gasteiger partial charge is 0.363 e. The minimum absolute atomic E-state index is 0.0953. The predicted octanol–water partition coefficient (Wildman–Crippen LogP) is 2.97. The number of carbonyl (C=O) groups excluding carboxylic acids is 1. The van der Waals surface area contributed by atoms with Crippen LogP contribution >= 0.6 is 0 Å². The average Bonchev–Trinajstić information content (AvgIpc) is 3.40. The fourth-order valence-corrected chi connectivity index (χ4v) is 3.36. The van der Waals surface area contributed by atoms with Crippen LogP contribution < -0.4 is 4.74 Å².